The number of hydrogen-bond acceptors (Lipinski definition) is 3. The van der Waals surface area contributed by atoms with E-state index in [2.05, 4.69) is 27.7 Å². The first-order valence-electron chi connectivity index (χ1n) is 11.0. The van der Waals surface area contributed by atoms with Gasteiger partial charge in [0.25, 0.3) is 0 Å². The SMILES string of the molecule is CCCCCCCCCCCOCC(=C(OC)c1cccc(O)c1)C(C)(C)C. The van der Waals surface area contributed by atoms with Crippen molar-refractivity contribution >= 4 is 5.76 Å². The van der Waals surface area contributed by atoms with Crippen LogP contribution in [0.1, 0.15) is 91.0 Å². The molecule has 0 heterocycles. The van der Waals surface area contributed by atoms with Gasteiger partial charge in [0.05, 0.1) is 13.7 Å². The summed E-state index contributed by atoms with van der Waals surface area (Å²) in [6.45, 7) is 10.1. The van der Waals surface area contributed by atoms with Crippen molar-refractivity contribution in [1.29, 1.82) is 0 Å². The van der Waals surface area contributed by atoms with Gasteiger partial charge in [-0.05, 0) is 24.0 Å². The molecular formula is C25H42O3. The number of hydrogen-bond donors (Lipinski definition) is 1. The van der Waals surface area contributed by atoms with Gasteiger partial charge < -0.3 is 14.6 Å². The molecule has 0 saturated heterocycles. The zero-order valence-electron chi connectivity index (χ0n) is 18.9. The van der Waals surface area contributed by atoms with E-state index in [9.17, 15) is 5.11 Å². The third kappa shape index (κ3) is 9.64. The summed E-state index contributed by atoms with van der Waals surface area (Å²) in [5, 5.41) is 9.81. The summed E-state index contributed by atoms with van der Waals surface area (Å²) in [5.74, 6) is 1.05. The Kier molecular flexibility index (Phi) is 12.0. The Morgan fingerprint density at radius 1 is 0.929 bits per heavy atom. The van der Waals surface area contributed by atoms with Crippen molar-refractivity contribution < 1.29 is 14.6 Å². The first-order chi connectivity index (χ1) is 13.4. The van der Waals surface area contributed by atoms with E-state index < -0.39 is 0 Å². The summed E-state index contributed by atoms with van der Waals surface area (Å²) in [5.41, 5.74) is 1.94. The van der Waals surface area contributed by atoms with E-state index in [4.69, 9.17) is 9.47 Å². The molecule has 160 valence electrons. The van der Waals surface area contributed by atoms with Crippen LogP contribution in [0.2, 0.25) is 0 Å². The minimum Gasteiger partial charge on any atom is -0.508 e. The molecule has 3 heteroatoms. The van der Waals surface area contributed by atoms with Crippen LogP contribution in [0.15, 0.2) is 29.8 Å². The van der Waals surface area contributed by atoms with Crippen LogP contribution in [0.5, 0.6) is 5.75 Å². The quantitative estimate of drug-likeness (QED) is 0.267. The van der Waals surface area contributed by atoms with Gasteiger partial charge in [0, 0.05) is 17.7 Å². The van der Waals surface area contributed by atoms with Crippen molar-refractivity contribution in [2.45, 2.75) is 85.5 Å². The van der Waals surface area contributed by atoms with E-state index in [0.29, 0.717) is 6.61 Å². The first kappa shape index (κ1) is 24.6. The Hall–Kier alpha value is -1.48. The number of phenolic OH excluding ortho intramolecular Hbond substituents is 1. The van der Waals surface area contributed by atoms with Crippen molar-refractivity contribution in [2.75, 3.05) is 20.3 Å². The Morgan fingerprint density at radius 3 is 2.07 bits per heavy atom. The predicted octanol–water partition coefficient (Wildman–Crippen LogP) is 7.34. The highest BCUT2D eigenvalue weighted by Gasteiger charge is 2.23. The highest BCUT2D eigenvalue weighted by atomic mass is 16.5. The first-order valence-corrected chi connectivity index (χ1v) is 11.0. The maximum Gasteiger partial charge on any atom is 0.128 e. The van der Waals surface area contributed by atoms with E-state index in [1.807, 2.05) is 12.1 Å². The summed E-state index contributed by atoms with van der Waals surface area (Å²) in [7, 11) is 1.69. The zero-order chi connectivity index (χ0) is 20.8. The molecule has 1 N–H and O–H groups in total. The lowest BCUT2D eigenvalue weighted by atomic mass is 9.84. The van der Waals surface area contributed by atoms with E-state index in [1.54, 1.807) is 19.2 Å². The molecule has 0 aliphatic rings. The number of rotatable bonds is 14. The summed E-state index contributed by atoms with van der Waals surface area (Å²) in [6, 6.07) is 7.22. The molecule has 1 aromatic carbocycles. The normalized spacial score (nSPS) is 12.8. The Labute approximate surface area is 173 Å². The van der Waals surface area contributed by atoms with Gasteiger partial charge >= 0.3 is 0 Å². The third-order valence-corrected chi connectivity index (χ3v) is 5.13. The maximum atomic E-state index is 9.81. The van der Waals surface area contributed by atoms with Crippen LogP contribution in [0, 0.1) is 5.41 Å². The average molecular weight is 391 g/mol. The lowest BCUT2D eigenvalue weighted by molar-refractivity contribution is 0.137. The van der Waals surface area contributed by atoms with Gasteiger partial charge in [0.15, 0.2) is 0 Å². The van der Waals surface area contributed by atoms with Gasteiger partial charge in [-0.1, -0.05) is 91.2 Å². The van der Waals surface area contributed by atoms with Gasteiger partial charge in [-0.15, -0.1) is 0 Å². The monoisotopic (exact) mass is 390 g/mol. The van der Waals surface area contributed by atoms with Crippen molar-refractivity contribution in [2.24, 2.45) is 5.41 Å². The molecule has 0 atom stereocenters. The van der Waals surface area contributed by atoms with Crippen LogP contribution in [0.25, 0.3) is 5.76 Å². The molecular weight excluding hydrogens is 348 g/mol. The molecule has 0 fully saturated rings. The molecule has 3 nitrogen and oxygen atoms in total. The van der Waals surface area contributed by atoms with Crippen LogP contribution < -0.4 is 0 Å². The highest BCUT2D eigenvalue weighted by molar-refractivity contribution is 5.65. The molecule has 1 rings (SSSR count). The molecule has 0 saturated carbocycles. The summed E-state index contributed by atoms with van der Waals surface area (Å²) in [4.78, 5) is 0. The maximum absolute atomic E-state index is 9.81. The van der Waals surface area contributed by atoms with Gasteiger partial charge in [-0.3, -0.25) is 0 Å². The van der Waals surface area contributed by atoms with E-state index >= 15 is 0 Å². The predicted molar refractivity (Wildman–Crippen MR) is 120 cm³/mol. The molecule has 0 spiro atoms. The Bertz CT molecular complexity index is 569. The fraction of sp³-hybridized carbons (Fsp3) is 0.680. The molecule has 0 unspecified atom stereocenters. The topological polar surface area (TPSA) is 38.7 Å². The number of benzene rings is 1. The van der Waals surface area contributed by atoms with Gasteiger partial charge in [0.1, 0.15) is 11.5 Å². The number of methoxy groups -OCH3 is 1. The molecule has 0 bridgehead atoms. The number of phenols is 1. The fourth-order valence-electron chi connectivity index (χ4n) is 3.37. The second-order valence-corrected chi connectivity index (χ2v) is 8.69. The minimum atomic E-state index is -0.0741. The lowest BCUT2D eigenvalue weighted by Gasteiger charge is -2.26. The Morgan fingerprint density at radius 2 is 1.54 bits per heavy atom. The average Bonchev–Trinajstić information content (AvgIpc) is 2.64. The van der Waals surface area contributed by atoms with E-state index in [-0.39, 0.29) is 11.2 Å². The van der Waals surface area contributed by atoms with Crippen LogP contribution in [-0.2, 0) is 9.47 Å². The zero-order valence-corrected chi connectivity index (χ0v) is 18.9. The fourth-order valence-corrected chi connectivity index (χ4v) is 3.37. The van der Waals surface area contributed by atoms with Gasteiger partial charge in [0.2, 0.25) is 0 Å². The van der Waals surface area contributed by atoms with Crippen molar-refractivity contribution in [3.63, 3.8) is 0 Å². The van der Waals surface area contributed by atoms with Crippen molar-refractivity contribution in [3.05, 3.63) is 35.4 Å². The van der Waals surface area contributed by atoms with Gasteiger partial charge in [-0.25, -0.2) is 0 Å². The number of aromatic hydroxyl groups is 1. The third-order valence-electron chi connectivity index (χ3n) is 5.13. The number of ether oxygens (including phenoxy) is 2. The van der Waals surface area contributed by atoms with Crippen LogP contribution in [0.3, 0.4) is 0 Å². The largest absolute Gasteiger partial charge is 0.508 e. The number of unbranched alkanes of at least 4 members (excludes halogenated alkanes) is 8. The second-order valence-electron chi connectivity index (χ2n) is 8.69. The molecule has 0 aromatic heterocycles. The minimum absolute atomic E-state index is 0.0741. The van der Waals surface area contributed by atoms with Crippen molar-refractivity contribution in [3.8, 4) is 5.75 Å². The van der Waals surface area contributed by atoms with E-state index in [1.165, 1.54) is 51.4 Å². The molecule has 0 radical (unpaired) electrons. The van der Waals surface area contributed by atoms with E-state index in [0.717, 1.165) is 29.9 Å². The molecule has 28 heavy (non-hydrogen) atoms. The lowest BCUT2D eigenvalue weighted by Crippen LogP contribution is -2.18. The highest BCUT2D eigenvalue weighted by Crippen LogP contribution is 2.34. The van der Waals surface area contributed by atoms with Gasteiger partial charge in [-0.2, -0.15) is 0 Å². The second kappa shape index (κ2) is 13.7. The summed E-state index contributed by atoms with van der Waals surface area (Å²) >= 11 is 0. The Balaban J connectivity index is 2.46. The van der Waals surface area contributed by atoms with Crippen LogP contribution in [-0.4, -0.2) is 25.4 Å². The molecule has 0 amide bonds. The molecule has 1 aromatic rings. The van der Waals surface area contributed by atoms with Crippen LogP contribution >= 0.6 is 0 Å². The molecule has 0 aliphatic carbocycles. The summed E-state index contributed by atoms with van der Waals surface area (Å²) < 4.78 is 11.7. The summed E-state index contributed by atoms with van der Waals surface area (Å²) in [6.07, 6.45) is 11.9. The smallest absolute Gasteiger partial charge is 0.128 e. The van der Waals surface area contributed by atoms with Crippen molar-refractivity contribution in [1.82, 2.24) is 0 Å². The standard InChI is InChI=1S/C25H42O3/c1-6-7-8-9-10-11-12-13-14-18-28-20-23(25(2,3)4)24(27-5)21-16-15-17-22(26)19-21/h15-17,19,26H,6-14,18,20H2,1-5H3. The molecule has 0 aliphatic heterocycles. The van der Waals surface area contributed by atoms with Crippen LogP contribution in [0.4, 0.5) is 0 Å².